The molecule has 0 N–H and O–H groups in total. The van der Waals surface area contributed by atoms with Gasteiger partial charge in [-0.2, -0.15) is 0 Å². The van der Waals surface area contributed by atoms with Gasteiger partial charge in [0.1, 0.15) is 13.2 Å². The first kappa shape index (κ1) is 74.3. The summed E-state index contributed by atoms with van der Waals surface area (Å²) in [6.07, 6.45) is 88.8. The number of esters is 3. The van der Waals surface area contributed by atoms with E-state index < -0.39 is 6.10 Å². The zero-order valence-corrected chi connectivity index (χ0v) is 51.4. The maximum absolute atomic E-state index is 12.9. The van der Waals surface area contributed by atoms with Crippen LogP contribution in [0.25, 0.3) is 0 Å². The lowest BCUT2D eigenvalue weighted by Crippen LogP contribution is -2.30. The van der Waals surface area contributed by atoms with E-state index in [2.05, 4.69) is 118 Å². The second-order valence-corrected chi connectivity index (χ2v) is 22.0. The van der Waals surface area contributed by atoms with Gasteiger partial charge < -0.3 is 14.2 Å². The number of unbranched alkanes of at least 4 members (excludes halogenated alkanes) is 33. The first-order valence-corrected chi connectivity index (χ1v) is 33.2. The van der Waals surface area contributed by atoms with Gasteiger partial charge in [0.05, 0.1) is 0 Å². The highest BCUT2D eigenvalue weighted by Crippen LogP contribution is 2.17. The van der Waals surface area contributed by atoms with Gasteiger partial charge in [0.25, 0.3) is 0 Å². The van der Waals surface area contributed by atoms with E-state index in [9.17, 15) is 14.4 Å². The lowest BCUT2D eigenvalue weighted by Gasteiger charge is -2.18. The number of rotatable bonds is 60. The Morgan fingerprint density at radius 3 is 0.782 bits per heavy atom. The van der Waals surface area contributed by atoms with Gasteiger partial charge in [0.15, 0.2) is 6.10 Å². The molecule has 0 aliphatic heterocycles. The minimum atomic E-state index is -0.774. The van der Waals surface area contributed by atoms with Crippen LogP contribution in [0.1, 0.15) is 323 Å². The van der Waals surface area contributed by atoms with Crippen LogP contribution in [0.15, 0.2) is 97.2 Å². The Morgan fingerprint density at radius 2 is 0.500 bits per heavy atom. The number of carbonyl (C=O) groups is 3. The van der Waals surface area contributed by atoms with Crippen LogP contribution < -0.4 is 0 Å². The molecule has 1 atom stereocenters. The number of carbonyl (C=O) groups excluding carboxylic acids is 3. The van der Waals surface area contributed by atoms with Gasteiger partial charge in [-0.3, -0.25) is 14.4 Å². The molecule has 1 unspecified atom stereocenters. The van der Waals surface area contributed by atoms with Crippen LogP contribution in [0.4, 0.5) is 0 Å². The zero-order valence-electron chi connectivity index (χ0n) is 51.4. The van der Waals surface area contributed by atoms with Crippen LogP contribution in [0, 0.1) is 0 Å². The molecular weight excluding hydrogens is 961 g/mol. The fourth-order valence-electron chi connectivity index (χ4n) is 9.40. The van der Waals surface area contributed by atoms with Gasteiger partial charge >= 0.3 is 17.9 Å². The molecule has 0 fully saturated rings. The van der Waals surface area contributed by atoms with Crippen molar-refractivity contribution in [2.45, 2.75) is 329 Å². The second-order valence-electron chi connectivity index (χ2n) is 22.0. The van der Waals surface area contributed by atoms with Crippen LogP contribution in [-0.4, -0.2) is 37.2 Å². The Bertz CT molecular complexity index is 1530. The van der Waals surface area contributed by atoms with Crippen molar-refractivity contribution in [3.63, 3.8) is 0 Å². The minimum absolute atomic E-state index is 0.0738. The highest BCUT2D eigenvalue weighted by Gasteiger charge is 2.19. The third kappa shape index (κ3) is 63.2. The average Bonchev–Trinajstić information content (AvgIpc) is 3.44. The second kappa shape index (κ2) is 65.8. The Kier molecular flexibility index (Phi) is 62.7. The number of ether oxygens (including phenoxy) is 3. The van der Waals surface area contributed by atoms with Crippen molar-refractivity contribution in [3.05, 3.63) is 97.2 Å². The predicted molar refractivity (Wildman–Crippen MR) is 339 cm³/mol. The van der Waals surface area contributed by atoms with Crippen LogP contribution in [0.2, 0.25) is 0 Å². The Labute approximate surface area is 483 Å². The summed E-state index contributed by atoms with van der Waals surface area (Å²) < 4.78 is 16.8. The van der Waals surface area contributed by atoms with Crippen molar-refractivity contribution >= 4 is 17.9 Å². The van der Waals surface area contributed by atoms with E-state index in [0.717, 1.165) is 109 Å². The normalized spacial score (nSPS) is 12.7. The molecule has 0 saturated carbocycles. The Hall–Kier alpha value is -3.67. The Morgan fingerprint density at radius 1 is 0.269 bits per heavy atom. The maximum atomic E-state index is 12.9. The number of hydrogen-bond acceptors (Lipinski definition) is 6. The summed E-state index contributed by atoms with van der Waals surface area (Å²) in [6, 6.07) is 0. The van der Waals surface area contributed by atoms with Crippen molar-refractivity contribution in [1.29, 1.82) is 0 Å². The van der Waals surface area contributed by atoms with Gasteiger partial charge in [-0.05, 0) is 83.5 Å². The van der Waals surface area contributed by atoms with Crippen molar-refractivity contribution < 1.29 is 28.6 Å². The topological polar surface area (TPSA) is 78.9 Å². The summed E-state index contributed by atoms with van der Waals surface area (Å²) in [5.41, 5.74) is 0. The minimum Gasteiger partial charge on any atom is -0.462 e. The molecule has 0 aromatic rings. The standard InChI is InChI=1S/C72H124O6/c1-4-7-10-13-16-18-20-22-24-26-28-29-30-31-32-33-34-35-36-37-38-39-40-41-42-43-44-46-47-49-51-53-56-59-62-65-71(74)77-68-69(67-76-70(73)64-61-58-55-15-12-9-6-3)78-72(75)66-63-60-57-54-52-50-48-45-27-25-23-21-19-17-14-11-8-5-2/h7,10,16,18,22,24,28-29,31-32,34-35,37-38,40-41,69H,4-6,8-9,11-15,17,19-21,23,25-27,30,33,36,39,42-68H2,1-3H3/b10-7-,18-16-,24-22-,29-28-,32-31-,35-34-,38-37-,41-40-. The molecule has 0 aromatic heterocycles. The molecule has 0 bridgehead atoms. The molecule has 448 valence electrons. The summed E-state index contributed by atoms with van der Waals surface area (Å²) in [7, 11) is 0. The fourth-order valence-corrected chi connectivity index (χ4v) is 9.40. The molecule has 0 aliphatic rings. The van der Waals surface area contributed by atoms with E-state index in [1.807, 2.05) is 0 Å². The molecule has 0 spiro atoms. The predicted octanol–water partition coefficient (Wildman–Crippen LogP) is 22.8. The molecule has 0 amide bonds. The molecular formula is C72H124O6. The summed E-state index contributed by atoms with van der Waals surface area (Å²) in [4.78, 5) is 38.1. The summed E-state index contributed by atoms with van der Waals surface area (Å²) in [6.45, 7) is 6.51. The van der Waals surface area contributed by atoms with Gasteiger partial charge in [0.2, 0.25) is 0 Å². The highest BCUT2D eigenvalue weighted by atomic mass is 16.6. The SMILES string of the molecule is CC/C=C\C/C=C\C/C=C\C/C=C\C/C=C\C/C=C\C/C=C\C/C=C\CCCCCCCCCCCCC(=O)OCC(COC(=O)CCCCCCCCC)OC(=O)CCCCCCCCCCCCCCCCCCCC. The monoisotopic (exact) mass is 1080 g/mol. The van der Waals surface area contributed by atoms with Crippen molar-refractivity contribution in [1.82, 2.24) is 0 Å². The van der Waals surface area contributed by atoms with E-state index in [0.29, 0.717) is 19.3 Å². The smallest absolute Gasteiger partial charge is 0.306 e. The van der Waals surface area contributed by atoms with Crippen LogP contribution >= 0.6 is 0 Å². The third-order valence-corrected chi connectivity index (χ3v) is 14.4. The van der Waals surface area contributed by atoms with E-state index >= 15 is 0 Å². The van der Waals surface area contributed by atoms with E-state index in [-0.39, 0.29) is 31.1 Å². The van der Waals surface area contributed by atoms with Crippen LogP contribution in [0.5, 0.6) is 0 Å². The van der Waals surface area contributed by atoms with E-state index in [1.165, 1.54) is 173 Å². The van der Waals surface area contributed by atoms with Gasteiger partial charge in [-0.15, -0.1) is 0 Å². The van der Waals surface area contributed by atoms with Crippen LogP contribution in [-0.2, 0) is 28.6 Å². The van der Waals surface area contributed by atoms with E-state index in [1.54, 1.807) is 0 Å². The quantitative estimate of drug-likeness (QED) is 0.0261. The third-order valence-electron chi connectivity index (χ3n) is 14.4. The average molecular weight is 1090 g/mol. The Balaban J connectivity index is 4.08. The largest absolute Gasteiger partial charge is 0.462 e. The molecule has 6 heteroatoms. The van der Waals surface area contributed by atoms with Gasteiger partial charge in [0, 0.05) is 19.3 Å². The molecule has 0 aliphatic carbocycles. The van der Waals surface area contributed by atoms with Crippen molar-refractivity contribution in [2.24, 2.45) is 0 Å². The first-order valence-electron chi connectivity index (χ1n) is 33.2. The van der Waals surface area contributed by atoms with Crippen LogP contribution in [0.3, 0.4) is 0 Å². The highest BCUT2D eigenvalue weighted by molar-refractivity contribution is 5.71. The molecule has 6 nitrogen and oxygen atoms in total. The first-order chi connectivity index (χ1) is 38.5. The molecule has 0 heterocycles. The lowest BCUT2D eigenvalue weighted by molar-refractivity contribution is -0.167. The number of allylic oxidation sites excluding steroid dienone is 16. The molecule has 0 radical (unpaired) electrons. The molecule has 0 aromatic carbocycles. The van der Waals surface area contributed by atoms with E-state index in [4.69, 9.17) is 14.2 Å². The molecule has 78 heavy (non-hydrogen) atoms. The zero-order chi connectivity index (χ0) is 56.4. The summed E-state index contributed by atoms with van der Waals surface area (Å²) >= 11 is 0. The fraction of sp³-hybridized carbons (Fsp3) is 0.736. The van der Waals surface area contributed by atoms with Crippen molar-refractivity contribution in [2.75, 3.05) is 13.2 Å². The lowest BCUT2D eigenvalue weighted by atomic mass is 10.0. The van der Waals surface area contributed by atoms with Crippen molar-refractivity contribution in [3.8, 4) is 0 Å². The maximum Gasteiger partial charge on any atom is 0.306 e. The summed E-state index contributed by atoms with van der Waals surface area (Å²) in [5, 5.41) is 0. The number of hydrogen-bond donors (Lipinski definition) is 0. The molecule has 0 saturated heterocycles. The summed E-state index contributed by atoms with van der Waals surface area (Å²) in [5.74, 6) is -0.872. The van der Waals surface area contributed by atoms with Gasteiger partial charge in [-0.1, -0.05) is 317 Å². The molecule has 0 rings (SSSR count). The van der Waals surface area contributed by atoms with Gasteiger partial charge in [-0.25, -0.2) is 0 Å².